The summed E-state index contributed by atoms with van der Waals surface area (Å²) >= 11 is 1.31. The number of hydrogen-bond acceptors (Lipinski definition) is 6. The molecule has 31 heavy (non-hydrogen) atoms. The smallest absolute Gasteiger partial charge is 0.234 e. The molecule has 1 N–H and O–H groups in total. The number of rotatable bonds is 9. The van der Waals surface area contributed by atoms with Crippen molar-refractivity contribution in [1.82, 2.24) is 14.8 Å². The van der Waals surface area contributed by atoms with E-state index in [1.165, 1.54) is 24.2 Å². The SMILES string of the molecule is CCn1c(SCC(=O)Nc2cccc(C(C)=O)c2)nnc1C(C)Oc1ccc(C)cc1. The molecule has 0 aliphatic carbocycles. The maximum absolute atomic E-state index is 12.4. The van der Waals surface area contributed by atoms with Gasteiger partial charge in [-0.1, -0.05) is 41.6 Å². The van der Waals surface area contributed by atoms with Gasteiger partial charge >= 0.3 is 0 Å². The molecule has 3 rings (SSSR count). The van der Waals surface area contributed by atoms with Crippen LogP contribution in [0.4, 0.5) is 5.69 Å². The predicted octanol–water partition coefficient (Wildman–Crippen LogP) is 4.68. The monoisotopic (exact) mass is 438 g/mol. The van der Waals surface area contributed by atoms with Gasteiger partial charge < -0.3 is 14.6 Å². The van der Waals surface area contributed by atoms with E-state index in [0.717, 1.165) is 5.75 Å². The molecule has 0 saturated carbocycles. The van der Waals surface area contributed by atoms with Crippen LogP contribution in [0.25, 0.3) is 0 Å². The fourth-order valence-corrected chi connectivity index (χ4v) is 3.83. The van der Waals surface area contributed by atoms with Gasteiger partial charge in [0, 0.05) is 17.8 Å². The number of carbonyl (C=O) groups is 2. The van der Waals surface area contributed by atoms with Gasteiger partial charge in [-0.15, -0.1) is 10.2 Å². The summed E-state index contributed by atoms with van der Waals surface area (Å²) in [5.41, 5.74) is 2.32. The number of nitrogens with zero attached hydrogens (tertiary/aromatic N) is 3. The minimum atomic E-state index is -0.285. The van der Waals surface area contributed by atoms with Crippen LogP contribution in [0.2, 0.25) is 0 Å². The Morgan fingerprint density at radius 2 is 1.90 bits per heavy atom. The zero-order valence-electron chi connectivity index (χ0n) is 18.1. The Labute approximate surface area is 186 Å². The molecular weight excluding hydrogens is 412 g/mol. The molecule has 2 aromatic carbocycles. The first-order chi connectivity index (χ1) is 14.9. The van der Waals surface area contributed by atoms with E-state index in [-0.39, 0.29) is 23.5 Å². The van der Waals surface area contributed by atoms with E-state index in [2.05, 4.69) is 15.5 Å². The maximum Gasteiger partial charge on any atom is 0.234 e. The molecule has 0 fully saturated rings. The zero-order valence-corrected chi connectivity index (χ0v) is 18.9. The largest absolute Gasteiger partial charge is 0.483 e. The van der Waals surface area contributed by atoms with E-state index in [4.69, 9.17) is 4.74 Å². The Bertz CT molecular complexity index is 1060. The van der Waals surface area contributed by atoms with Crippen LogP contribution in [-0.4, -0.2) is 32.2 Å². The quantitative estimate of drug-likeness (QED) is 0.386. The summed E-state index contributed by atoms with van der Waals surface area (Å²) in [6.07, 6.45) is -0.285. The van der Waals surface area contributed by atoms with Crippen LogP contribution in [0.1, 0.15) is 48.6 Å². The van der Waals surface area contributed by atoms with Crippen LogP contribution >= 0.6 is 11.8 Å². The van der Waals surface area contributed by atoms with Gasteiger partial charge in [-0.05, 0) is 52.0 Å². The number of benzene rings is 2. The summed E-state index contributed by atoms with van der Waals surface area (Å²) in [5.74, 6) is 1.43. The van der Waals surface area contributed by atoms with Gasteiger partial charge in [0.2, 0.25) is 5.91 Å². The molecule has 0 aliphatic rings. The highest BCUT2D eigenvalue weighted by molar-refractivity contribution is 7.99. The predicted molar refractivity (Wildman–Crippen MR) is 122 cm³/mol. The number of nitrogens with one attached hydrogen (secondary N) is 1. The number of aryl methyl sites for hydroxylation is 1. The second kappa shape index (κ2) is 10.3. The van der Waals surface area contributed by atoms with Crippen molar-refractivity contribution in [2.24, 2.45) is 0 Å². The minimum Gasteiger partial charge on any atom is -0.483 e. The van der Waals surface area contributed by atoms with Crippen molar-refractivity contribution in [3.8, 4) is 5.75 Å². The lowest BCUT2D eigenvalue weighted by atomic mass is 10.1. The Hall–Kier alpha value is -3.13. The minimum absolute atomic E-state index is 0.0453. The molecule has 1 aromatic heterocycles. The third-order valence-corrected chi connectivity index (χ3v) is 5.61. The second-order valence-corrected chi connectivity index (χ2v) is 8.07. The topological polar surface area (TPSA) is 86.1 Å². The number of hydrogen-bond donors (Lipinski definition) is 1. The van der Waals surface area contributed by atoms with Gasteiger partial charge in [0.15, 0.2) is 22.9 Å². The number of ketones is 1. The van der Waals surface area contributed by atoms with Gasteiger partial charge in [-0.3, -0.25) is 9.59 Å². The van der Waals surface area contributed by atoms with Crippen molar-refractivity contribution in [3.05, 3.63) is 65.5 Å². The molecule has 0 saturated heterocycles. The molecule has 3 aromatic rings. The van der Waals surface area contributed by atoms with Crippen molar-refractivity contribution < 1.29 is 14.3 Å². The number of Topliss-reactive ketones (excluding diaryl/α,β-unsaturated/α-hetero) is 1. The summed E-state index contributed by atoms with van der Waals surface area (Å²) in [6.45, 7) is 8.12. The average Bonchev–Trinajstić information content (AvgIpc) is 3.17. The molecule has 1 heterocycles. The Morgan fingerprint density at radius 1 is 1.16 bits per heavy atom. The molecule has 162 valence electrons. The van der Waals surface area contributed by atoms with E-state index in [1.54, 1.807) is 24.3 Å². The summed E-state index contributed by atoms with van der Waals surface area (Å²) in [7, 11) is 0. The highest BCUT2D eigenvalue weighted by Gasteiger charge is 2.19. The van der Waals surface area contributed by atoms with Crippen LogP contribution in [0.5, 0.6) is 5.75 Å². The molecule has 7 nitrogen and oxygen atoms in total. The number of thioether (sulfide) groups is 1. The molecule has 8 heteroatoms. The van der Waals surface area contributed by atoms with Crippen LogP contribution in [-0.2, 0) is 11.3 Å². The van der Waals surface area contributed by atoms with E-state index < -0.39 is 0 Å². The lowest BCUT2D eigenvalue weighted by molar-refractivity contribution is -0.113. The summed E-state index contributed by atoms with van der Waals surface area (Å²) in [5, 5.41) is 12.0. The van der Waals surface area contributed by atoms with Gasteiger partial charge in [0.1, 0.15) is 5.75 Å². The van der Waals surface area contributed by atoms with E-state index in [0.29, 0.717) is 28.8 Å². The fraction of sp³-hybridized carbons (Fsp3) is 0.304. The van der Waals surface area contributed by atoms with Crippen LogP contribution in [0, 0.1) is 6.92 Å². The standard InChI is InChI=1S/C23H26N4O3S/c1-5-27-22(17(4)30-20-11-9-15(2)10-12-20)25-26-23(27)31-14-21(29)24-19-8-6-7-18(13-19)16(3)28/h6-13,17H,5,14H2,1-4H3,(H,24,29). The number of ether oxygens (including phenoxy) is 1. The Kier molecular flexibility index (Phi) is 7.46. The highest BCUT2D eigenvalue weighted by atomic mass is 32.2. The Balaban J connectivity index is 1.62. The summed E-state index contributed by atoms with van der Waals surface area (Å²) in [4.78, 5) is 23.9. The van der Waals surface area contributed by atoms with Gasteiger partial charge in [-0.2, -0.15) is 0 Å². The van der Waals surface area contributed by atoms with Crippen molar-refractivity contribution in [1.29, 1.82) is 0 Å². The third-order valence-electron chi connectivity index (χ3n) is 4.64. The zero-order chi connectivity index (χ0) is 22.4. The van der Waals surface area contributed by atoms with Gasteiger partial charge in [0.25, 0.3) is 0 Å². The second-order valence-electron chi connectivity index (χ2n) is 7.13. The molecule has 0 bridgehead atoms. The fourth-order valence-electron chi connectivity index (χ4n) is 3.02. The highest BCUT2D eigenvalue weighted by Crippen LogP contribution is 2.25. The summed E-state index contributed by atoms with van der Waals surface area (Å²) < 4.78 is 7.96. The molecule has 1 atom stereocenters. The molecule has 0 spiro atoms. The van der Waals surface area contributed by atoms with Gasteiger partial charge in [0.05, 0.1) is 5.75 Å². The Morgan fingerprint density at radius 3 is 2.58 bits per heavy atom. The molecule has 0 radical (unpaired) electrons. The van der Waals surface area contributed by atoms with E-state index >= 15 is 0 Å². The number of amides is 1. The maximum atomic E-state index is 12.4. The molecule has 1 unspecified atom stereocenters. The van der Waals surface area contributed by atoms with Crippen molar-refractivity contribution in [3.63, 3.8) is 0 Å². The first-order valence-corrected chi connectivity index (χ1v) is 11.1. The normalized spacial score (nSPS) is 11.7. The van der Waals surface area contributed by atoms with Crippen LogP contribution < -0.4 is 10.1 Å². The number of anilines is 1. The van der Waals surface area contributed by atoms with E-state index in [1.807, 2.05) is 49.6 Å². The number of carbonyl (C=O) groups excluding carboxylic acids is 2. The third kappa shape index (κ3) is 5.95. The summed E-state index contributed by atoms with van der Waals surface area (Å²) in [6, 6.07) is 14.7. The van der Waals surface area contributed by atoms with Crippen LogP contribution in [0.15, 0.2) is 53.7 Å². The van der Waals surface area contributed by atoms with Crippen molar-refractivity contribution in [2.75, 3.05) is 11.1 Å². The first-order valence-electron chi connectivity index (χ1n) is 10.1. The van der Waals surface area contributed by atoms with E-state index in [9.17, 15) is 9.59 Å². The van der Waals surface area contributed by atoms with Crippen molar-refractivity contribution >= 4 is 29.1 Å². The van der Waals surface area contributed by atoms with Crippen LogP contribution in [0.3, 0.4) is 0 Å². The lowest BCUT2D eigenvalue weighted by Gasteiger charge is -2.15. The first kappa shape index (κ1) is 22.6. The van der Waals surface area contributed by atoms with Gasteiger partial charge in [-0.25, -0.2) is 0 Å². The number of aromatic nitrogens is 3. The molecular formula is C23H26N4O3S. The lowest BCUT2D eigenvalue weighted by Crippen LogP contribution is -2.15. The molecule has 0 aliphatic heterocycles. The molecule has 1 amide bonds. The average molecular weight is 439 g/mol. The van der Waals surface area contributed by atoms with Crippen molar-refractivity contribution in [2.45, 2.75) is 45.5 Å².